The van der Waals surface area contributed by atoms with Crippen LogP contribution in [0.25, 0.3) is 17.0 Å². The zero-order valence-electron chi connectivity index (χ0n) is 14.7. The highest BCUT2D eigenvalue weighted by Crippen LogP contribution is 2.25. The van der Waals surface area contributed by atoms with Gasteiger partial charge >= 0.3 is 0 Å². The first-order chi connectivity index (χ1) is 12.7. The molecule has 0 radical (unpaired) electrons. The first-order valence-electron chi connectivity index (χ1n) is 8.61. The van der Waals surface area contributed by atoms with Crippen LogP contribution in [0.4, 0.5) is 5.69 Å². The minimum Gasteiger partial charge on any atom is -0.398 e. The fourth-order valence-corrected chi connectivity index (χ4v) is 3.18. The van der Waals surface area contributed by atoms with Crippen molar-refractivity contribution in [2.45, 2.75) is 13.1 Å². The van der Waals surface area contributed by atoms with E-state index in [2.05, 4.69) is 45.6 Å². The summed E-state index contributed by atoms with van der Waals surface area (Å²) in [6.07, 6.45) is 3.73. The topological polar surface area (TPSA) is 59.5 Å². The molecule has 0 aliphatic heterocycles. The Labute approximate surface area is 152 Å². The van der Waals surface area contributed by atoms with E-state index in [1.54, 1.807) is 6.20 Å². The van der Waals surface area contributed by atoms with E-state index in [1.165, 1.54) is 5.56 Å². The molecule has 5 nitrogen and oxygen atoms in total. The average Bonchev–Trinajstić information content (AvgIpc) is 3.01. The van der Waals surface area contributed by atoms with Gasteiger partial charge in [-0.15, -0.1) is 0 Å². The van der Waals surface area contributed by atoms with Crippen LogP contribution in [0, 0.1) is 0 Å². The molecule has 0 saturated heterocycles. The number of hydrogen-bond acceptors (Lipinski definition) is 4. The maximum Gasteiger partial charge on any atom is 0.137 e. The number of anilines is 1. The predicted molar refractivity (Wildman–Crippen MR) is 104 cm³/mol. The molecule has 4 aromatic rings. The van der Waals surface area contributed by atoms with E-state index < -0.39 is 0 Å². The second-order valence-electron chi connectivity index (χ2n) is 6.47. The Morgan fingerprint density at radius 3 is 2.54 bits per heavy atom. The Bertz CT molecular complexity index is 1010. The Balaban J connectivity index is 1.73. The summed E-state index contributed by atoms with van der Waals surface area (Å²) < 4.78 is 2.07. The smallest absolute Gasteiger partial charge is 0.137 e. The molecule has 2 N–H and O–H groups in total. The zero-order valence-corrected chi connectivity index (χ0v) is 14.7. The minimum atomic E-state index is 0.717. The molecule has 0 spiro atoms. The van der Waals surface area contributed by atoms with Crippen molar-refractivity contribution in [3.63, 3.8) is 0 Å². The minimum absolute atomic E-state index is 0.717. The van der Waals surface area contributed by atoms with Crippen LogP contribution >= 0.6 is 0 Å². The van der Waals surface area contributed by atoms with E-state index in [0.29, 0.717) is 0 Å². The van der Waals surface area contributed by atoms with Crippen molar-refractivity contribution < 1.29 is 0 Å². The van der Waals surface area contributed by atoms with Crippen molar-refractivity contribution in [1.82, 2.24) is 19.3 Å². The number of imidazole rings is 1. The van der Waals surface area contributed by atoms with Crippen LogP contribution in [0.2, 0.25) is 0 Å². The molecule has 0 bridgehead atoms. The van der Waals surface area contributed by atoms with Crippen molar-refractivity contribution in [2.24, 2.45) is 0 Å². The summed E-state index contributed by atoms with van der Waals surface area (Å²) in [4.78, 5) is 11.6. The van der Waals surface area contributed by atoms with Gasteiger partial charge in [-0.1, -0.05) is 36.4 Å². The lowest BCUT2D eigenvalue weighted by Gasteiger charge is -2.17. The molecule has 0 amide bonds. The number of nitrogen functional groups attached to an aromatic ring is 1. The Morgan fingerprint density at radius 2 is 1.77 bits per heavy atom. The van der Waals surface area contributed by atoms with Crippen molar-refractivity contribution in [1.29, 1.82) is 0 Å². The van der Waals surface area contributed by atoms with Crippen LogP contribution in [0.1, 0.15) is 11.3 Å². The average molecular weight is 343 g/mol. The molecule has 3 aromatic heterocycles. The Kier molecular flexibility index (Phi) is 4.37. The molecule has 4 rings (SSSR count). The summed E-state index contributed by atoms with van der Waals surface area (Å²) in [5, 5.41) is 0. The van der Waals surface area contributed by atoms with Crippen molar-refractivity contribution in [3.05, 3.63) is 84.3 Å². The lowest BCUT2D eigenvalue weighted by Crippen LogP contribution is -2.19. The summed E-state index contributed by atoms with van der Waals surface area (Å²) in [5.41, 5.74) is 11.8. The number of nitrogens with zero attached hydrogens (tertiary/aromatic N) is 4. The molecule has 0 fully saturated rings. The summed E-state index contributed by atoms with van der Waals surface area (Å²) in [7, 11) is 2.11. The third-order valence-electron chi connectivity index (χ3n) is 4.36. The molecular weight excluding hydrogens is 322 g/mol. The largest absolute Gasteiger partial charge is 0.398 e. The molecule has 0 unspecified atom stereocenters. The number of rotatable bonds is 5. The zero-order chi connectivity index (χ0) is 17.9. The number of hydrogen-bond donors (Lipinski definition) is 1. The first kappa shape index (κ1) is 16.3. The summed E-state index contributed by atoms with van der Waals surface area (Å²) in [6.45, 7) is 1.60. The molecule has 0 atom stereocenters. The number of fused-ring (bicyclic) bond motifs is 1. The van der Waals surface area contributed by atoms with Gasteiger partial charge in [-0.3, -0.25) is 14.3 Å². The van der Waals surface area contributed by atoms with E-state index in [-0.39, 0.29) is 0 Å². The number of pyridine rings is 2. The third kappa shape index (κ3) is 3.30. The van der Waals surface area contributed by atoms with Gasteiger partial charge in [-0.05, 0) is 36.9 Å². The summed E-state index contributed by atoms with van der Waals surface area (Å²) >= 11 is 0. The molecule has 0 aliphatic rings. The van der Waals surface area contributed by atoms with Crippen molar-refractivity contribution in [3.8, 4) is 11.4 Å². The number of aromatic nitrogens is 3. The maximum atomic E-state index is 6.02. The van der Waals surface area contributed by atoms with E-state index in [0.717, 1.165) is 41.5 Å². The van der Waals surface area contributed by atoms with Crippen LogP contribution in [0.3, 0.4) is 0 Å². The highest BCUT2D eigenvalue weighted by atomic mass is 15.1. The fourth-order valence-electron chi connectivity index (χ4n) is 3.18. The maximum absolute atomic E-state index is 6.02. The standard InChI is InChI=1S/C21H21N5/c1-25(13-16-7-3-2-4-8-16)15-19-21(18-9-5-6-12-23-18)24-20-11-10-17(22)14-26(19)20/h2-12,14H,13,15,22H2,1H3. The van der Waals surface area contributed by atoms with E-state index >= 15 is 0 Å². The van der Waals surface area contributed by atoms with Gasteiger partial charge in [-0.25, -0.2) is 4.98 Å². The molecule has 0 aliphatic carbocycles. The number of nitrogens with two attached hydrogens (primary N) is 1. The molecule has 5 heteroatoms. The molecule has 3 heterocycles. The lowest BCUT2D eigenvalue weighted by atomic mass is 10.2. The van der Waals surface area contributed by atoms with Crippen LogP contribution in [0.5, 0.6) is 0 Å². The van der Waals surface area contributed by atoms with E-state index in [1.807, 2.05) is 42.6 Å². The second-order valence-corrected chi connectivity index (χ2v) is 6.47. The summed E-state index contributed by atoms with van der Waals surface area (Å²) in [6, 6.07) is 20.2. The SMILES string of the molecule is CN(Cc1ccccc1)Cc1c(-c2ccccn2)nc2ccc(N)cn12. The van der Waals surface area contributed by atoms with Crippen LogP contribution in [0.15, 0.2) is 73.1 Å². The molecule has 26 heavy (non-hydrogen) atoms. The highest BCUT2D eigenvalue weighted by Gasteiger charge is 2.16. The van der Waals surface area contributed by atoms with Gasteiger partial charge < -0.3 is 5.73 Å². The highest BCUT2D eigenvalue weighted by molar-refractivity contribution is 5.64. The number of benzene rings is 1. The lowest BCUT2D eigenvalue weighted by molar-refractivity contribution is 0.314. The van der Waals surface area contributed by atoms with Crippen LogP contribution in [-0.2, 0) is 13.1 Å². The van der Waals surface area contributed by atoms with Crippen LogP contribution < -0.4 is 5.73 Å². The molecular formula is C21H21N5. The van der Waals surface area contributed by atoms with Gasteiger partial charge in [0.25, 0.3) is 0 Å². The first-order valence-corrected chi connectivity index (χ1v) is 8.61. The van der Waals surface area contributed by atoms with Gasteiger partial charge in [0.05, 0.1) is 11.4 Å². The third-order valence-corrected chi connectivity index (χ3v) is 4.36. The van der Waals surface area contributed by atoms with Gasteiger partial charge in [0.1, 0.15) is 11.3 Å². The molecule has 130 valence electrons. The quantitative estimate of drug-likeness (QED) is 0.601. The fraction of sp³-hybridized carbons (Fsp3) is 0.143. The Morgan fingerprint density at radius 1 is 0.962 bits per heavy atom. The van der Waals surface area contributed by atoms with Crippen LogP contribution in [-0.4, -0.2) is 26.3 Å². The second kappa shape index (κ2) is 6.98. The van der Waals surface area contributed by atoms with Crippen molar-refractivity contribution >= 4 is 11.3 Å². The summed E-state index contributed by atoms with van der Waals surface area (Å²) in [5.74, 6) is 0. The van der Waals surface area contributed by atoms with Crippen molar-refractivity contribution in [2.75, 3.05) is 12.8 Å². The molecule has 1 aromatic carbocycles. The predicted octanol–water partition coefficient (Wildman–Crippen LogP) is 3.61. The van der Waals surface area contributed by atoms with E-state index in [4.69, 9.17) is 10.7 Å². The van der Waals surface area contributed by atoms with E-state index in [9.17, 15) is 0 Å². The molecule has 0 saturated carbocycles. The van der Waals surface area contributed by atoms with Gasteiger partial charge in [0.2, 0.25) is 0 Å². The monoisotopic (exact) mass is 343 g/mol. The normalized spacial score (nSPS) is 11.3. The van der Waals surface area contributed by atoms with Gasteiger partial charge in [-0.2, -0.15) is 0 Å². The van der Waals surface area contributed by atoms with Gasteiger partial charge in [0.15, 0.2) is 0 Å². The van der Waals surface area contributed by atoms with Gasteiger partial charge in [0, 0.05) is 31.2 Å². The Hall–Kier alpha value is -3.18.